The Morgan fingerprint density at radius 1 is 1.18 bits per heavy atom. The van der Waals surface area contributed by atoms with Crippen LogP contribution in [0, 0.1) is 11.3 Å². The van der Waals surface area contributed by atoms with Crippen LogP contribution < -0.4 is 4.90 Å². The molecule has 4 heteroatoms. The number of aromatic nitrogens is 1. The molecule has 0 spiro atoms. The van der Waals surface area contributed by atoms with Crippen molar-refractivity contribution >= 4 is 27.4 Å². The zero-order valence-electron chi connectivity index (χ0n) is 9.26. The topological polar surface area (TPSA) is 39.9 Å². The van der Waals surface area contributed by atoms with Crippen LogP contribution in [0.1, 0.15) is 5.56 Å². The fourth-order valence-electron chi connectivity index (χ4n) is 1.48. The molecule has 0 unspecified atom stereocenters. The quantitative estimate of drug-likeness (QED) is 0.794. The van der Waals surface area contributed by atoms with Gasteiger partial charge < -0.3 is 4.90 Å². The van der Waals surface area contributed by atoms with E-state index in [0.717, 1.165) is 16.1 Å². The van der Waals surface area contributed by atoms with E-state index >= 15 is 0 Å². The van der Waals surface area contributed by atoms with Gasteiger partial charge in [-0.15, -0.1) is 0 Å². The molecule has 84 valence electrons. The number of nitrogens with zero attached hydrogens (tertiary/aromatic N) is 3. The van der Waals surface area contributed by atoms with Crippen molar-refractivity contribution in [3.05, 3.63) is 52.6 Å². The van der Waals surface area contributed by atoms with Crippen molar-refractivity contribution in [2.45, 2.75) is 0 Å². The van der Waals surface area contributed by atoms with Gasteiger partial charge in [-0.25, -0.2) is 4.98 Å². The van der Waals surface area contributed by atoms with E-state index in [0.29, 0.717) is 5.56 Å². The van der Waals surface area contributed by atoms with E-state index in [-0.39, 0.29) is 0 Å². The lowest BCUT2D eigenvalue weighted by atomic mass is 10.2. The van der Waals surface area contributed by atoms with Crippen LogP contribution in [-0.2, 0) is 0 Å². The van der Waals surface area contributed by atoms with Gasteiger partial charge in [-0.05, 0) is 52.3 Å². The van der Waals surface area contributed by atoms with Gasteiger partial charge in [0, 0.05) is 12.7 Å². The Morgan fingerprint density at radius 3 is 2.47 bits per heavy atom. The Bertz CT molecular complexity index is 558. The van der Waals surface area contributed by atoms with Gasteiger partial charge in [0.1, 0.15) is 10.4 Å². The van der Waals surface area contributed by atoms with Gasteiger partial charge in [-0.3, -0.25) is 0 Å². The molecule has 17 heavy (non-hydrogen) atoms. The second-order valence-electron chi connectivity index (χ2n) is 3.54. The van der Waals surface area contributed by atoms with Crippen LogP contribution in [-0.4, -0.2) is 12.0 Å². The Labute approximate surface area is 108 Å². The molecule has 3 nitrogen and oxygen atoms in total. The first-order valence-corrected chi connectivity index (χ1v) is 5.86. The molecule has 0 saturated heterocycles. The van der Waals surface area contributed by atoms with E-state index < -0.39 is 0 Å². The first-order chi connectivity index (χ1) is 8.20. The van der Waals surface area contributed by atoms with Gasteiger partial charge in [-0.2, -0.15) is 5.26 Å². The molecule has 0 aliphatic rings. The zero-order valence-corrected chi connectivity index (χ0v) is 10.8. The van der Waals surface area contributed by atoms with Gasteiger partial charge in [-0.1, -0.05) is 6.07 Å². The van der Waals surface area contributed by atoms with Crippen molar-refractivity contribution in [1.82, 2.24) is 4.98 Å². The van der Waals surface area contributed by atoms with Crippen molar-refractivity contribution in [3.8, 4) is 6.07 Å². The third-order valence-electron chi connectivity index (χ3n) is 2.43. The largest absolute Gasteiger partial charge is 0.329 e. The van der Waals surface area contributed by atoms with Crippen LogP contribution in [0.3, 0.4) is 0 Å². The third-order valence-corrected chi connectivity index (χ3v) is 2.87. The highest BCUT2D eigenvalue weighted by Crippen LogP contribution is 2.23. The summed E-state index contributed by atoms with van der Waals surface area (Å²) >= 11 is 3.34. The molecular weight excluding hydrogens is 278 g/mol. The van der Waals surface area contributed by atoms with E-state index in [1.54, 1.807) is 12.1 Å². The molecule has 1 aromatic heterocycles. The highest BCUT2D eigenvalue weighted by molar-refractivity contribution is 9.10. The number of hydrogen-bond donors (Lipinski definition) is 0. The smallest absolute Gasteiger partial charge is 0.134 e. The molecule has 0 aliphatic carbocycles. The van der Waals surface area contributed by atoms with Crippen molar-refractivity contribution in [2.75, 3.05) is 11.9 Å². The molecule has 1 heterocycles. The minimum absolute atomic E-state index is 0.657. The minimum atomic E-state index is 0.657. The van der Waals surface area contributed by atoms with Gasteiger partial charge in [0.2, 0.25) is 0 Å². The Kier molecular flexibility index (Phi) is 3.40. The fraction of sp³-hybridized carbons (Fsp3) is 0.0769. The maximum atomic E-state index is 8.74. The van der Waals surface area contributed by atoms with Gasteiger partial charge in [0.25, 0.3) is 0 Å². The highest BCUT2D eigenvalue weighted by Gasteiger charge is 2.05. The summed E-state index contributed by atoms with van der Waals surface area (Å²) in [5.74, 6) is 0.851. The molecule has 0 bridgehead atoms. The van der Waals surface area contributed by atoms with Crippen molar-refractivity contribution < 1.29 is 0 Å². The summed E-state index contributed by atoms with van der Waals surface area (Å²) in [5.41, 5.74) is 1.65. The predicted molar refractivity (Wildman–Crippen MR) is 71.2 cm³/mol. The maximum absolute atomic E-state index is 8.74. The number of anilines is 2. The van der Waals surface area contributed by atoms with E-state index in [4.69, 9.17) is 5.26 Å². The van der Waals surface area contributed by atoms with E-state index in [9.17, 15) is 0 Å². The first kappa shape index (κ1) is 11.6. The Hall–Kier alpha value is -1.86. The molecule has 0 amide bonds. The molecule has 2 aromatic rings. The average Bonchev–Trinajstić information content (AvgIpc) is 2.38. The third kappa shape index (κ3) is 2.63. The lowest BCUT2D eigenvalue weighted by molar-refractivity contribution is 1.11. The predicted octanol–water partition coefficient (Wildman–Crippen LogP) is 3.48. The van der Waals surface area contributed by atoms with Gasteiger partial charge in [0.15, 0.2) is 0 Å². The summed E-state index contributed by atoms with van der Waals surface area (Å²) < 4.78 is 0.801. The number of hydrogen-bond acceptors (Lipinski definition) is 3. The number of nitriles is 1. The molecule has 0 N–H and O–H groups in total. The molecule has 1 aromatic carbocycles. The maximum Gasteiger partial charge on any atom is 0.134 e. The van der Waals surface area contributed by atoms with Crippen LogP contribution in [0.5, 0.6) is 0 Å². The number of halogens is 1. The fourth-order valence-corrected chi connectivity index (χ4v) is 1.81. The number of pyridine rings is 1. The van der Waals surface area contributed by atoms with Crippen LogP contribution in [0.2, 0.25) is 0 Å². The van der Waals surface area contributed by atoms with Crippen molar-refractivity contribution in [1.29, 1.82) is 5.26 Å². The zero-order chi connectivity index (χ0) is 12.3. The molecule has 0 fully saturated rings. The number of rotatable bonds is 2. The molecule has 0 atom stereocenters. The van der Waals surface area contributed by atoms with Crippen molar-refractivity contribution in [2.24, 2.45) is 0 Å². The lowest BCUT2D eigenvalue weighted by Crippen LogP contribution is -2.10. The standard InChI is InChI=1S/C13H10BrN3/c1-17(13-4-2-3-12(14)16-13)11-7-5-10(9-15)6-8-11/h2-8H,1H3. The summed E-state index contributed by atoms with van der Waals surface area (Å²) in [5, 5.41) is 8.74. The summed E-state index contributed by atoms with van der Waals surface area (Å²) in [7, 11) is 1.94. The van der Waals surface area contributed by atoms with Gasteiger partial charge in [0.05, 0.1) is 11.6 Å². The monoisotopic (exact) mass is 287 g/mol. The molecule has 0 aliphatic heterocycles. The van der Waals surface area contributed by atoms with Gasteiger partial charge >= 0.3 is 0 Å². The molecular formula is C13H10BrN3. The first-order valence-electron chi connectivity index (χ1n) is 5.07. The van der Waals surface area contributed by atoms with Crippen molar-refractivity contribution in [3.63, 3.8) is 0 Å². The second-order valence-corrected chi connectivity index (χ2v) is 4.35. The van der Waals surface area contributed by atoms with E-state index in [1.165, 1.54) is 0 Å². The second kappa shape index (κ2) is 4.98. The highest BCUT2D eigenvalue weighted by atomic mass is 79.9. The van der Waals surface area contributed by atoms with Crippen LogP contribution in [0.25, 0.3) is 0 Å². The minimum Gasteiger partial charge on any atom is -0.329 e. The number of benzene rings is 1. The van der Waals surface area contributed by atoms with Crippen LogP contribution >= 0.6 is 15.9 Å². The van der Waals surface area contributed by atoms with E-state index in [2.05, 4.69) is 27.0 Å². The van der Waals surface area contributed by atoms with Crippen LogP contribution in [0.15, 0.2) is 47.1 Å². The normalized spacial score (nSPS) is 9.71. The Balaban J connectivity index is 2.30. The summed E-state index contributed by atoms with van der Waals surface area (Å²) in [6, 6.07) is 15.3. The molecule has 0 radical (unpaired) electrons. The molecule has 2 rings (SSSR count). The summed E-state index contributed by atoms with van der Waals surface area (Å²) in [4.78, 5) is 6.33. The Morgan fingerprint density at radius 2 is 1.88 bits per heavy atom. The van der Waals surface area contributed by atoms with Crippen LogP contribution in [0.4, 0.5) is 11.5 Å². The lowest BCUT2D eigenvalue weighted by Gasteiger charge is -2.18. The van der Waals surface area contributed by atoms with E-state index in [1.807, 2.05) is 42.3 Å². The summed E-state index contributed by atoms with van der Waals surface area (Å²) in [6.07, 6.45) is 0. The average molecular weight is 288 g/mol. The molecule has 0 saturated carbocycles. The summed E-state index contributed by atoms with van der Waals surface area (Å²) in [6.45, 7) is 0. The SMILES string of the molecule is CN(c1ccc(C#N)cc1)c1cccc(Br)n1.